The Morgan fingerprint density at radius 2 is 1.67 bits per heavy atom. The molecule has 0 saturated heterocycles. The summed E-state index contributed by atoms with van der Waals surface area (Å²) in [5.74, 6) is -0.920. The van der Waals surface area contributed by atoms with Crippen LogP contribution in [0.15, 0.2) is 0 Å². The fourth-order valence-electron chi connectivity index (χ4n) is 0.873. The molecule has 0 unspecified atom stereocenters. The zero-order valence-corrected chi connectivity index (χ0v) is 8.70. The summed E-state index contributed by atoms with van der Waals surface area (Å²) in [6.07, 6.45) is 5.61. The maximum absolute atomic E-state index is 9.92. The Morgan fingerprint density at radius 3 is 2.08 bits per heavy atom. The van der Waals surface area contributed by atoms with E-state index in [0.717, 1.165) is 19.3 Å². The van der Waals surface area contributed by atoms with Crippen LogP contribution in [0, 0.1) is 0 Å². The molecule has 0 aromatic heterocycles. The number of carboxylic acids is 1. The van der Waals surface area contributed by atoms with Crippen molar-refractivity contribution < 1.29 is 15.4 Å². The van der Waals surface area contributed by atoms with Crippen LogP contribution >= 0.6 is 0 Å². The molecule has 0 atom stereocenters. The van der Waals surface area contributed by atoms with Crippen LogP contribution in [0.4, 0.5) is 0 Å². The van der Waals surface area contributed by atoms with E-state index in [1.165, 1.54) is 12.8 Å². The average molecular weight is 186 g/mol. The zero-order valence-electron chi connectivity index (χ0n) is 7.54. The van der Waals surface area contributed by atoms with Gasteiger partial charge in [-0.15, -0.1) is 0 Å². The van der Waals surface area contributed by atoms with Crippen LogP contribution in [0.5, 0.6) is 0 Å². The molecule has 0 bridgehead atoms. The maximum Gasteiger partial charge on any atom is 3.00 e. The molecule has 68 valence electrons. The van der Waals surface area contributed by atoms with Crippen LogP contribution in [-0.2, 0) is 10.3 Å². The summed E-state index contributed by atoms with van der Waals surface area (Å²) < 4.78 is 0. The number of aliphatic carboxylic acids is 1. The zero-order chi connectivity index (χ0) is 7.82. The molecule has 0 spiro atoms. The second kappa shape index (κ2) is 13.5. The summed E-state index contributed by atoms with van der Waals surface area (Å²) >= 11 is 0. The van der Waals surface area contributed by atoms with E-state index >= 15 is 0 Å². The maximum atomic E-state index is 9.92. The number of unbranched alkanes of at least 4 members (excludes halogenated alkanes) is 4. The third kappa shape index (κ3) is 16.5. The Bertz CT molecular complexity index is 96.3. The Hall–Kier alpha value is -0.0375. The van der Waals surface area contributed by atoms with Crippen LogP contribution in [-0.4, -0.2) is 23.3 Å². The molecule has 0 aromatic carbocycles. The SMILES string of the molecule is CCCCCCCC(=O)[O-].[Al+3].[O-2]. The molecule has 0 amide bonds. The van der Waals surface area contributed by atoms with Gasteiger partial charge in [0.1, 0.15) is 0 Å². The van der Waals surface area contributed by atoms with Crippen molar-refractivity contribution in [3.05, 3.63) is 0 Å². The van der Waals surface area contributed by atoms with Crippen molar-refractivity contribution >= 4 is 23.3 Å². The van der Waals surface area contributed by atoms with E-state index in [-0.39, 0.29) is 29.3 Å². The van der Waals surface area contributed by atoms with E-state index in [4.69, 9.17) is 0 Å². The molecule has 0 aliphatic carbocycles. The number of rotatable bonds is 6. The number of hydrogen-bond acceptors (Lipinski definition) is 2. The van der Waals surface area contributed by atoms with E-state index in [9.17, 15) is 9.90 Å². The minimum atomic E-state index is -0.920. The van der Waals surface area contributed by atoms with Gasteiger partial charge >= 0.3 is 17.4 Å². The van der Waals surface area contributed by atoms with Gasteiger partial charge in [0, 0.05) is 5.97 Å². The third-order valence-corrected chi connectivity index (χ3v) is 1.48. The van der Waals surface area contributed by atoms with E-state index in [1.54, 1.807) is 0 Å². The number of carbonyl (C=O) groups excluding carboxylic acids is 1. The molecule has 0 fully saturated rings. The first-order valence-corrected chi connectivity index (χ1v) is 3.97. The summed E-state index contributed by atoms with van der Waals surface area (Å²) in [6, 6.07) is 0. The molecule has 0 rings (SSSR count). The summed E-state index contributed by atoms with van der Waals surface area (Å²) in [4.78, 5) is 9.92. The number of carbonyl (C=O) groups is 1. The first-order valence-electron chi connectivity index (χ1n) is 3.97. The Morgan fingerprint density at radius 1 is 1.17 bits per heavy atom. The largest absolute Gasteiger partial charge is 3.00 e. The molecule has 3 nitrogen and oxygen atoms in total. The topological polar surface area (TPSA) is 68.6 Å². The monoisotopic (exact) mass is 186 g/mol. The van der Waals surface area contributed by atoms with Gasteiger partial charge in [-0.1, -0.05) is 32.6 Å². The third-order valence-electron chi connectivity index (χ3n) is 1.48. The molecular formula is C8H15AlO3. The predicted molar refractivity (Wildman–Crippen MR) is 44.8 cm³/mol. The first-order chi connectivity index (χ1) is 4.77. The molecule has 12 heavy (non-hydrogen) atoms. The van der Waals surface area contributed by atoms with Crippen molar-refractivity contribution in [3.8, 4) is 0 Å². The molecule has 0 N–H and O–H groups in total. The van der Waals surface area contributed by atoms with E-state index < -0.39 is 5.97 Å². The molecule has 0 aromatic rings. The van der Waals surface area contributed by atoms with Gasteiger partial charge in [0.25, 0.3) is 0 Å². The van der Waals surface area contributed by atoms with E-state index in [2.05, 4.69) is 6.92 Å². The Kier molecular flexibility index (Phi) is 20.2. The van der Waals surface area contributed by atoms with Crippen molar-refractivity contribution in [2.45, 2.75) is 45.4 Å². The first kappa shape index (κ1) is 17.9. The van der Waals surface area contributed by atoms with Gasteiger partial charge in [0.2, 0.25) is 0 Å². The normalized spacial score (nSPS) is 8.08. The quantitative estimate of drug-likeness (QED) is 0.450. The minimum Gasteiger partial charge on any atom is -2.00 e. The van der Waals surface area contributed by atoms with Gasteiger partial charge < -0.3 is 15.4 Å². The molecule has 0 radical (unpaired) electrons. The second-order valence-corrected chi connectivity index (χ2v) is 2.54. The summed E-state index contributed by atoms with van der Waals surface area (Å²) in [5, 5.41) is 9.92. The molecule has 4 heteroatoms. The molecule has 0 aliphatic rings. The Labute approximate surface area is 84.6 Å². The van der Waals surface area contributed by atoms with Crippen molar-refractivity contribution in [1.29, 1.82) is 0 Å². The van der Waals surface area contributed by atoms with Gasteiger partial charge in [0.15, 0.2) is 0 Å². The predicted octanol–water partition coefficient (Wildman–Crippen LogP) is 0.597. The summed E-state index contributed by atoms with van der Waals surface area (Å²) in [7, 11) is 0. The number of carboxylic acid groups (broad SMARTS) is 1. The van der Waals surface area contributed by atoms with Crippen LogP contribution in [0.1, 0.15) is 45.4 Å². The standard InChI is InChI=1S/C8H16O2.Al.O/c1-2-3-4-5-6-7-8(9)10;;/h2-7H2,1H3,(H,9,10);;/q;+3;-2/p-1. The average Bonchev–Trinajstić information content (AvgIpc) is 1.87. The smallest absolute Gasteiger partial charge is 2.00 e. The van der Waals surface area contributed by atoms with Crippen molar-refractivity contribution in [3.63, 3.8) is 0 Å². The van der Waals surface area contributed by atoms with Crippen LogP contribution in [0.2, 0.25) is 0 Å². The van der Waals surface area contributed by atoms with E-state index in [1.807, 2.05) is 0 Å². The van der Waals surface area contributed by atoms with Gasteiger partial charge in [-0.2, -0.15) is 0 Å². The van der Waals surface area contributed by atoms with Crippen LogP contribution < -0.4 is 5.11 Å². The molecule has 0 heterocycles. The fourth-order valence-corrected chi connectivity index (χ4v) is 0.873. The molecule has 0 saturated carbocycles. The van der Waals surface area contributed by atoms with Gasteiger partial charge in [0.05, 0.1) is 0 Å². The van der Waals surface area contributed by atoms with Gasteiger partial charge in [-0.3, -0.25) is 0 Å². The van der Waals surface area contributed by atoms with Crippen molar-refractivity contribution in [2.75, 3.05) is 0 Å². The fraction of sp³-hybridized carbons (Fsp3) is 0.875. The van der Waals surface area contributed by atoms with Gasteiger partial charge in [-0.05, 0) is 12.8 Å². The van der Waals surface area contributed by atoms with Crippen molar-refractivity contribution in [1.82, 2.24) is 0 Å². The summed E-state index contributed by atoms with van der Waals surface area (Å²) in [5.41, 5.74) is 0. The van der Waals surface area contributed by atoms with Crippen LogP contribution in [0.3, 0.4) is 0 Å². The summed E-state index contributed by atoms with van der Waals surface area (Å²) in [6.45, 7) is 2.14. The van der Waals surface area contributed by atoms with Crippen LogP contribution in [0.25, 0.3) is 0 Å². The van der Waals surface area contributed by atoms with E-state index in [0.29, 0.717) is 0 Å². The van der Waals surface area contributed by atoms with Gasteiger partial charge in [-0.25, -0.2) is 0 Å². The molecular weight excluding hydrogens is 171 g/mol. The Balaban J connectivity index is -0.000000405. The van der Waals surface area contributed by atoms with Crippen molar-refractivity contribution in [2.24, 2.45) is 0 Å². The minimum absolute atomic E-state index is 0. The molecule has 0 aliphatic heterocycles. The second-order valence-electron chi connectivity index (χ2n) is 2.54. The number of hydrogen-bond donors (Lipinski definition) is 0.